The van der Waals surface area contributed by atoms with Gasteiger partial charge in [0.05, 0.1) is 0 Å². The van der Waals surface area contributed by atoms with E-state index in [4.69, 9.17) is 4.74 Å². The number of hydrogen-bond acceptors (Lipinski definition) is 2. The van der Waals surface area contributed by atoms with Crippen LogP contribution in [0.5, 0.6) is 0 Å². The van der Waals surface area contributed by atoms with Crippen molar-refractivity contribution in [3.05, 3.63) is 0 Å². The Balaban J connectivity index is 3.31. The van der Waals surface area contributed by atoms with Gasteiger partial charge in [0.15, 0.2) is 0 Å². The average Bonchev–Trinajstić information content (AvgIpc) is 2.27. The highest BCUT2D eigenvalue weighted by atomic mass is 16.5. The Hall–Kier alpha value is -0.0800. The molecule has 98 valence electrons. The van der Waals surface area contributed by atoms with Gasteiger partial charge in [0, 0.05) is 19.3 Å². The van der Waals surface area contributed by atoms with Crippen LogP contribution in [0.15, 0.2) is 0 Å². The quantitative estimate of drug-likeness (QED) is 0.547. The Bertz CT molecular complexity index is 139. The zero-order valence-corrected chi connectivity index (χ0v) is 11.7. The molecule has 2 unspecified atom stereocenters. The van der Waals surface area contributed by atoms with Crippen LogP contribution in [0.2, 0.25) is 0 Å². The van der Waals surface area contributed by atoms with Crippen LogP contribution in [0.4, 0.5) is 0 Å². The molecule has 0 spiro atoms. The summed E-state index contributed by atoms with van der Waals surface area (Å²) in [6.07, 6.45) is 6.20. The fourth-order valence-electron chi connectivity index (χ4n) is 2.03. The molecule has 0 heterocycles. The van der Waals surface area contributed by atoms with Crippen molar-refractivity contribution in [3.8, 4) is 0 Å². The molecule has 0 rings (SSSR count). The molecule has 2 nitrogen and oxygen atoms in total. The van der Waals surface area contributed by atoms with Crippen LogP contribution in [0.1, 0.15) is 59.8 Å². The van der Waals surface area contributed by atoms with Crippen LogP contribution in [0.3, 0.4) is 0 Å². The first-order valence-electron chi connectivity index (χ1n) is 7.05. The Morgan fingerprint density at radius 1 is 1.12 bits per heavy atom. The fraction of sp³-hybridized carbons (Fsp3) is 1.00. The number of ether oxygens (including phenoxy) is 1. The lowest BCUT2D eigenvalue weighted by atomic mass is 10.1. The van der Waals surface area contributed by atoms with Crippen molar-refractivity contribution in [1.82, 2.24) is 5.32 Å². The summed E-state index contributed by atoms with van der Waals surface area (Å²) < 4.78 is 5.69. The van der Waals surface area contributed by atoms with Gasteiger partial charge in [-0.2, -0.15) is 0 Å². The zero-order valence-electron chi connectivity index (χ0n) is 11.7. The number of hydrogen-bond donors (Lipinski definition) is 1. The molecule has 16 heavy (non-hydrogen) atoms. The van der Waals surface area contributed by atoms with Gasteiger partial charge in [-0.3, -0.25) is 0 Å². The lowest BCUT2D eigenvalue weighted by Crippen LogP contribution is -2.28. The second-order valence-corrected chi connectivity index (χ2v) is 4.77. The van der Waals surface area contributed by atoms with Crippen molar-refractivity contribution in [2.24, 2.45) is 5.92 Å². The smallest absolute Gasteiger partial charge is 0.0491 e. The summed E-state index contributed by atoms with van der Waals surface area (Å²) in [5, 5.41) is 3.50. The number of rotatable bonds is 11. The van der Waals surface area contributed by atoms with Crippen molar-refractivity contribution in [2.45, 2.75) is 65.8 Å². The van der Waals surface area contributed by atoms with Crippen molar-refractivity contribution >= 4 is 0 Å². The Kier molecular flexibility index (Phi) is 11.3. The predicted octanol–water partition coefficient (Wildman–Crippen LogP) is 3.61. The molecule has 2 heteroatoms. The molecule has 2 atom stereocenters. The minimum atomic E-state index is 0.682. The monoisotopic (exact) mass is 229 g/mol. The molecule has 0 aromatic heterocycles. The highest BCUT2D eigenvalue weighted by Crippen LogP contribution is 2.06. The third-order valence-corrected chi connectivity index (χ3v) is 3.01. The van der Waals surface area contributed by atoms with E-state index in [2.05, 4.69) is 33.0 Å². The van der Waals surface area contributed by atoms with Crippen LogP contribution in [0.25, 0.3) is 0 Å². The molecule has 1 N–H and O–H groups in total. The largest absolute Gasteiger partial charge is 0.381 e. The summed E-state index contributed by atoms with van der Waals surface area (Å²) in [7, 11) is 0. The van der Waals surface area contributed by atoms with Crippen LogP contribution in [0, 0.1) is 5.92 Å². The third kappa shape index (κ3) is 9.17. The van der Waals surface area contributed by atoms with Crippen LogP contribution in [-0.2, 0) is 4.74 Å². The summed E-state index contributed by atoms with van der Waals surface area (Å²) >= 11 is 0. The molecule has 0 bridgehead atoms. The van der Waals surface area contributed by atoms with E-state index in [1.807, 2.05) is 0 Å². The predicted molar refractivity (Wildman–Crippen MR) is 71.9 cm³/mol. The second kappa shape index (κ2) is 11.4. The molecule has 0 fully saturated rings. The topological polar surface area (TPSA) is 21.3 Å². The number of nitrogens with one attached hydrogen (secondary N) is 1. The molecule has 0 saturated carbocycles. The van der Waals surface area contributed by atoms with Gasteiger partial charge in [0.1, 0.15) is 0 Å². The molecule has 0 aromatic carbocycles. The van der Waals surface area contributed by atoms with Crippen molar-refractivity contribution in [1.29, 1.82) is 0 Å². The Morgan fingerprint density at radius 3 is 2.44 bits per heavy atom. The van der Waals surface area contributed by atoms with E-state index in [1.165, 1.54) is 32.1 Å². The first-order chi connectivity index (χ1) is 7.74. The van der Waals surface area contributed by atoms with Gasteiger partial charge < -0.3 is 10.1 Å². The van der Waals surface area contributed by atoms with E-state index in [0.717, 1.165) is 25.7 Å². The van der Waals surface area contributed by atoms with Crippen LogP contribution < -0.4 is 5.32 Å². The minimum Gasteiger partial charge on any atom is -0.381 e. The normalized spacial score (nSPS) is 15.0. The summed E-state index contributed by atoms with van der Waals surface area (Å²) in [5.74, 6) is 0.723. The summed E-state index contributed by atoms with van der Waals surface area (Å²) in [6.45, 7) is 11.9. The standard InChI is InChI=1S/C14H31NO/c1-5-9-13(4)12-16-11-8-10-14(6-2)15-7-3/h13-15H,5-12H2,1-4H3. The molecular weight excluding hydrogens is 198 g/mol. The van der Waals surface area contributed by atoms with Gasteiger partial charge in [-0.25, -0.2) is 0 Å². The highest BCUT2D eigenvalue weighted by molar-refractivity contribution is 4.63. The van der Waals surface area contributed by atoms with Gasteiger partial charge in [0.2, 0.25) is 0 Å². The summed E-state index contributed by atoms with van der Waals surface area (Å²) in [5.41, 5.74) is 0. The fourth-order valence-corrected chi connectivity index (χ4v) is 2.03. The molecule has 0 aliphatic rings. The zero-order chi connectivity index (χ0) is 12.2. The first-order valence-corrected chi connectivity index (χ1v) is 7.05. The molecule has 0 radical (unpaired) electrons. The van der Waals surface area contributed by atoms with E-state index < -0.39 is 0 Å². The first kappa shape index (κ1) is 15.9. The molecule has 0 aliphatic heterocycles. The van der Waals surface area contributed by atoms with Crippen LogP contribution in [-0.4, -0.2) is 25.8 Å². The van der Waals surface area contributed by atoms with Gasteiger partial charge in [-0.15, -0.1) is 0 Å². The van der Waals surface area contributed by atoms with Gasteiger partial charge in [-0.05, 0) is 38.1 Å². The SMILES string of the molecule is CCCC(C)COCCCC(CC)NCC. The van der Waals surface area contributed by atoms with E-state index in [-0.39, 0.29) is 0 Å². The third-order valence-electron chi connectivity index (χ3n) is 3.01. The second-order valence-electron chi connectivity index (χ2n) is 4.77. The van der Waals surface area contributed by atoms with Gasteiger partial charge >= 0.3 is 0 Å². The maximum absolute atomic E-state index is 5.69. The average molecular weight is 229 g/mol. The van der Waals surface area contributed by atoms with E-state index in [1.54, 1.807) is 0 Å². The Labute approximate surface area is 102 Å². The van der Waals surface area contributed by atoms with Crippen molar-refractivity contribution < 1.29 is 4.74 Å². The van der Waals surface area contributed by atoms with E-state index >= 15 is 0 Å². The molecule has 0 saturated heterocycles. The lowest BCUT2D eigenvalue weighted by Gasteiger charge is -2.16. The molecule has 0 aromatic rings. The van der Waals surface area contributed by atoms with Crippen LogP contribution >= 0.6 is 0 Å². The van der Waals surface area contributed by atoms with Gasteiger partial charge in [0.25, 0.3) is 0 Å². The summed E-state index contributed by atoms with van der Waals surface area (Å²) in [6, 6.07) is 0.682. The van der Waals surface area contributed by atoms with Crippen molar-refractivity contribution in [2.75, 3.05) is 19.8 Å². The van der Waals surface area contributed by atoms with E-state index in [0.29, 0.717) is 6.04 Å². The molecule has 0 aliphatic carbocycles. The Morgan fingerprint density at radius 2 is 1.88 bits per heavy atom. The van der Waals surface area contributed by atoms with E-state index in [9.17, 15) is 0 Å². The summed E-state index contributed by atoms with van der Waals surface area (Å²) in [4.78, 5) is 0. The maximum Gasteiger partial charge on any atom is 0.0491 e. The molecular formula is C14H31NO. The minimum absolute atomic E-state index is 0.682. The van der Waals surface area contributed by atoms with Crippen molar-refractivity contribution in [3.63, 3.8) is 0 Å². The van der Waals surface area contributed by atoms with Gasteiger partial charge in [-0.1, -0.05) is 34.1 Å². The maximum atomic E-state index is 5.69. The highest BCUT2D eigenvalue weighted by Gasteiger charge is 2.04. The lowest BCUT2D eigenvalue weighted by molar-refractivity contribution is 0.0969. The molecule has 0 amide bonds.